The summed E-state index contributed by atoms with van der Waals surface area (Å²) >= 11 is 0. The Morgan fingerprint density at radius 3 is 2.00 bits per heavy atom. The Morgan fingerprint density at radius 1 is 0.895 bits per heavy atom. The van der Waals surface area contributed by atoms with Gasteiger partial charge in [0.25, 0.3) is 0 Å². The number of nitrogens with zero attached hydrogens (tertiary/aromatic N) is 1. The van der Waals surface area contributed by atoms with Crippen molar-refractivity contribution in [3.63, 3.8) is 0 Å². The van der Waals surface area contributed by atoms with E-state index in [4.69, 9.17) is 0 Å². The molecule has 0 aliphatic rings. The average molecular weight is 273 g/mol. The summed E-state index contributed by atoms with van der Waals surface area (Å²) in [6.45, 7) is 0. The molecule has 0 spiro atoms. The Hall–Kier alpha value is -1.50. The maximum absolute atomic E-state index is 12.2. The molecule has 2 nitrogen and oxygen atoms in total. The number of hydrogen-bond acceptors (Lipinski definition) is 1. The molecule has 0 N–H and O–H groups in total. The van der Waals surface area contributed by atoms with Gasteiger partial charge >= 0.3 is 7.80 Å². The predicted octanol–water partition coefficient (Wildman–Crippen LogP) is 3.54. The summed E-state index contributed by atoms with van der Waals surface area (Å²) in [5, 5.41) is 0.924. The molecule has 0 bridgehead atoms. The minimum Gasteiger partial charge on any atom is -0.298 e. The average Bonchev–Trinajstić information content (AvgIpc) is 2.39. The van der Waals surface area contributed by atoms with Gasteiger partial charge in [0.15, 0.2) is 11.5 Å². The maximum atomic E-state index is 12.2. The third-order valence-corrected chi connectivity index (χ3v) is 4.61. The van der Waals surface area contributed by atoms with E-state index in [1.807, 2.05) is 30.3 Å². The minimum atomic E-state index is -1.34. The van der Waals surface area contributed by atoms with E-state index in [1.165, 1.54) is 5.69 Å². The molecule has 0 aliphatic heterocycles. The number of benzene rings is 2. The van der Waals surface area contributed by atoms with E-state index in [2.05, 4.69) is 45.4 Å². The van der Waals surface area contributed by atoms with E-state index in [1.54, 1.807) is 0 Å². The van der Waals surface area contributed by atoms with E-state index < -0.39 is 7.80 Å². The fourth-order valence-corrected chi connectivity index (χ4v) is 3.13. The molecule has 1 unspecified atom stereocenters. The van der Waals surface area contributed by atoms with Crippen LogP contribution in [0.25, 0.3) is 0 Å². The first-order chi connectivity index (χ1) is 8.97. The second-order valence-electron chi connectivity index (χ2n) is 5.55. The van der Waals surface area contributed by atoms with Crippen LogP contribution in [0.5, 0.6) is 0 Å². The summed E-state index contributed by atoms with van der Waals surface area (Å²) < 4.78 is 13.0. The topological polar surface area (TPSA) is 17.1 Å². The first kappa shape index (κ1) is 13.9. The molecule has 0 saturated heterocycles. The van der Waals surface area contributed by atoms with Gasteiger partial charge in [-0.1, -0.05) is 22.8 Å². The van der Waals surface area contributed by atoms with Gasteiger partial charge in [-0.25, -0.2) is 0 Å². The van der Waals surface area contributed by atoms with Crippen molar-refractivity contribution in [3.05, 3.63) is 60.2 Å². The highest BCUT2D eigenvalue weighted by molar-refractivity contribution is 7.52. The third-order valence-electron chi connectivity index (χ3n) is 3.08. The fraction of sp³-hybridized carbons (Fsp3) is 0.250. The molecule has 98 valence electrons. The molecule has 2 rings (SSSR count). The van der Waals surface area contributed by atoms with Gasteiger partial charge in [-0.3, -0.25) is 4.48 Å². The van der Waals surface area contributed by atoms with Crippen molar-refractivity contribution in [2.24, 2.45) is 0 Å². The second kappa shape index (κ2) is 5.64. The van der Waals surface area contributed by atoms with Crippen LogP contribution in [0, 0.1) is 0 Å². The Balaban J connectivity index is 2.10. The van der Waals surface area contributed by atoms with Crippen molar-refractivity contribution >= 4 is 18.8 Å². The predicted molar refractivity (Wildman–Crippen MR) is 83.4 cm³/mol. The van der Waals surface area contributed by atoms with Gasteiger partial charge in [0.1, 0.15) is 5.69 Å². The van der Waals surface area contributed by atoms with Crippen molar-refractivity contribution in [2.45, 2.75) is 6.16 Å². The van der Waals surface area contributed by atoms with Gasteiger partial charge in [0.2, 0.25) is 0 Å². The van der Waals surface area contributed by atoms with Crippen LogP contribution in [0.4, 0.5) is 5.69 Å². The summed E-state index contributed by atoms with van der Waals surface area (Å²) in [4.78, 5) is 0. The quantitative estimate of drug-likeness (QED) is 0.615. The van der Waals surface area contributed by atoms with Gasteiger partial charge in [-0.15, -0.1) is 0 Å². The smallest absolute Gasteiger partial charge is 0.298 e. The summed E-state index contributed by atoms with van der Waals surface area (Å²) in [7, 11) is 5.07. The van der Waals surface area contributed by atoms with Crippen LogP contribution in [0.1, 0.15) is 5.56 Å². The van der Waals surface area contributed by atoms with E-state index in [-0.39, 0.29) is 0 Å². The zero-order valence-corrected chi connectivity index (χ0v) is 12.6. The van der Waals surface area contributed by atoms with Crippen LogP contribution in [0.15, 0.2) is 54.6 Å². The van der Waals surface area contributed by atoms with Gasteiger partial charge in [-0.05, 0) is 36.4 Å². The highest BCUT2D eigenvalue weighted by atomic mass is 31.1. The molecule has 0 radical (unpaired) electrons. The highest BCUT2D eigenvalue weighted by Gasteiger charge is 2.20. The molecule has 0 aliphatic carbocycles. The number of rotatable bonds is 4. The molecule has 0 fully saturated rings. The summed E-state index contributed by atoms with van der Waals surface area (Å²) in [6.07, 6.45) is 0.608. The molecule has 1 atom stereocenters. The van der Waals surface area contributed by atoms with Crippen LogP contribution in [-0.4, -0.2) is 21.1 Å². The summed E-state index contributed by atoms with van der Waals surface area (Å²) in [5.41, 5.74) is 2.38. The molecule has 0 saturated carbocycles. The Bertz CT molecular complexity index is 556. The Labute approximate surface area is 116 Å². The van der Waals surface area contributed by atoms with E-state index in [0.717, 1.165) is 15.4 Å². The van der Waals surface area contributed by atoms with Crippen molar-refractivity contribution in [3.8, 4) is 0 Å². The standard InChI is InChI=1S/C16H20NOP/c1-17(2,3)15-11-9-14(10-12-15)13-19(18)16-7-5-4-6-8-16/h4-12H,13H2,1-3H3/q+2. The lowest BCUT2D eigenvalue weighted by Gasteiger charge is -2.23. The second-order valence-corrected chi connectivity index (χ2v) is 7.14. The molecule has 19 heavy (non-hydrogen) atoms. The monoisotopic (exact) mass is 273 g/mol. The fourth-order valence-electron chi connectivity index (χ4n) is 1.90. The minimum absolute atomic E-state index is 0.608. The lowest BCUT2D eigenvalue weighted by Crippen LogP contribution is -2.34. The molecular weight excluding hydrogens is 253 g/mol. The largest absolute Gasteiger partial charge is 0.381 e. The van der Waals surface area contributed by atoms with Gasteiger partial charge in [0, 0.05) is 5.56 Å². The number of quaternary nitrogens is 1. The Kier molecular flexibility index (Phi) is 4.14. The zero-order chi connectivity index (χ0) is 13.9. The van der Waals surface area contributed by atoms with E-state index >= 15 is 0 Å². The number of hydrogen-bond donors (Lipinski definition) is 0. The molecular formula is C16H20NOP+2. The third kappa shape index (κ3) is 3.73. The van der Waals surface area contributed by atoms with Crippen molar-refractivity contribution in [2.75, 3.05) is 21.1 Å². The van der Waals surface area contributed by atoms with Gasteiger partial charge in [0.05, 0.1) is 21.1 Å². The summed E-state index contributed by atoms with van der Waals surface area (Å²) in [6, 6.07) is 18.1. The molecule has 0 aromatic heterocycles. The molecule has 2 aromatic rings. The first-order valence-corrected chi connectivity index (χ1v) is 7.82. The van der Waals surface area contributed by atoms with E-state index in [9.17, 15) is 4.57 Å². The van der Waals surface area contributed by atoms with Crippen LogP contribution >= 0.6 is 7.80 Å². The first-order valence-electron chi connectivity index (χ1n) is 6.37. The van der Waals surface area contributed by atoms with Gasteiger partial charge in [-0.2, -0.15) is 0 Å². The summed E-state index contributed by atoms with van der Waals surface area (Å²) in [5.74, 6) is 0. The lowest BCUT2D eigenvalue weighted by atomic mass is 10.2. The van der Waals surface area contributed by atoms with Crippen molar-refractivity contribution in [1.82, 2.24) is 4.48 Å². The van der Waals surface area contributed by atoms with Crippen LogP contribution in [0.2, 0.25) is 0 Å². The molecule has 0 heterocycles. The van der Waals surface area contributed by atoms with Crippen LogP contribution in [-0.2, 0) is 10.7 Å². The maximum Gasteiger partial charge on any atom is 0.381 e. The highest BCUT2D eigenvalue weighted by Crippen LogP contribution is 2.27. The van der Waals surface area contributed by atoms with Crippen LogP contribution in [0.3, 0.4) is 0 Å². The Morgan fingerprint density at radius 2 is 1.47 bits per heavy atom. The van der Waals surface area contributed by atoms with E-state index in [0.29, 0.717) is 6.16 Å². The van der Waals surface area contributed by atoms with Crippen LogP contribution < -0.4 is 9.79 Å². The zero-order valence-electron chi connectivity index (χ0n) is 11.7. The van der Waals surface area contributed by atoms with Crippen molar-refractivity contribution < 1.29 is 4.57 Å². The lowest BCUT2D eigenvalue weighted by molar-refractivity contribution is 0.486. The molecule has 3 heteroatoms. The normalized spacial score (nSPS) is 12.3. The molecule has 0 amide bonds. The molecule has 2 aromatic carbocycles. The van der Waals surface area contributed by atoms with Crippen molar-refractivity contribution in [1.29, 1.82) is 0 Å². The van der Waals surface area contributed by atoms with Gasteiger partial charge < -0.3 is 0 Å². The SMILES string of the molecule is C[N+](C)(C)c1ccc(C[P+](=O)c2ccccc2)cc1.